The maximum absolute atomic E-state index is 11.0. The second kappa shape index (κ2) is 5.19. The van der Waals surface area contributed by atoms with Crippen molar-refractivity contribution in [2.24, 2.45) is 0 Å². The predicted octanol–water partition coefficient (Wildman–Crippen LogP) is 3.81. The number of nitro benzene ring substituents is 2. The van der Waals surface area contributed by atoms with Crippen LogP contribution < -0.4 is 0 Å². The first kappa shape index (κ1) is 14.1. The second-order valence-corrected chi connectivity index (χ2v) is 5.38. The van der Waals surface area contributed by atoms with E-state index in [2.05, 4.69) is 25.9 Å². The molecule has 110 valence electrons. The fraction of sp³-hybridized carbons (Fsp3) is 0. The standard InChI is InChI=1S/C13H7BrN4O4/c14-8-2-3-9-10(6-8)16-13(15-9)7-1-4-11(17(19)20)12(5-7)18(21)22/h1-6H,(H,15,16). The Morgan fingerprint density at radius 2 is 1.73 bits per heavy atom. The fourth-order valence-electron chi connectivity index (χ4n) is 2.09. The van der Waals surface area contributed by atoms with E-state index in [-0.39, 0.29) is 0 Å². The monoisotopic (exact) mass is 362 g/mol. The number of aromatic nitrogens is 2. The summed E-state index contributed by atoms with van der Waals surface area (Å²) in [5.74, 6) is 0.408. The molecular formula is C13H7BrN4O4. The van der Waals surface area contributed by atoms with E-state index >= 15 is 0 Å². The van der Waals surface area contributed by atoms with Gasteiger partial charge in [-0.3, -0.25) is 20.2 Å². The van der Waals surface area contributed by atoms with Gasteiger partial charge in [0, 0.05) is 22.2 Å². The van der Waals surface area contributed by atoms with Crippen molar-refractivity contribution in [2.45, 2.75) is 0 Å². The number of benzene rings is 2. The number of hydrogen-bond donors (Lipinski definition) is 1. The van der Waals surface area contributed by atoms with Crippen LogP contribution >= 0.6 is 15.9 Å². The fourth-order valence-corrected chi connectivity index (χ4v) is 2.45. The average Bonchev–Trinajstić information content (AvgIpc) is 2.89. The lowest BCUT2D eigenvalue weighted by molar-refractivity contribution is -0.422. The SMILES string of the molecule is O=[N+]([O-])c1ccc(-c2nc3ccc(Br)cc3[nH]2)cc1[N+](=O)[O-]. The zero-order valence-electron chi connectivity index (χ0n) is 10.8. The Morgan fingerprint density at radius 1 is 1.00 bits per heavy atom. The molecule has 0 aliphatic carbocycles. The number of hydrogen-bond acceptors (Lipinski definition) is 5. The van der Waals surface area contributed by atoms with Gasteiger partial charge in [0.25, 0.3) is 0 Å². The van der Waals surface area contributed by atoms with Gasteiger partial charge < -0.3 is 4.98 Å². The van der Waals surface area contributed by atoms with Crippen molar-refractivity contribution in [3.8, 4) is 11.4 Å². The number of nitrogens with zero attached hydrogens (tertiary/aromatic N) is 3. The minimum atomic E-state index is -0.780. The Hall–Kier alpha value is -2.81. The largest absolute Gasteiger partial charge is 0.346 e. The van der Waals surface area contributed by atoms with Gasteiger partial charge in [-0.1, -0.05) is 15.9 Å². The first-order valence-electron chi connectivity index (χ1n) is 6.04. The van der Waals surface area contributed by atoms with Crippen LogP contribution in [-0.2, 0) is 0 Å². The van der Waals surface area contributed by atoms with Crippen molar-refractivity contribution in [3.05, 3.63) is 61.1 Å². The van der Waals surface area contributed by atoms with Gasteiger partial charge in [0.05, 0.1) is 20.9 Å². The normalized spacial score (nSPS) is 10.8. The Labute approximate surface area is 131 Å². The summed E-state index contributed by atoms with van der Waals surface area (Å²) in [4.78, 5) is 27.6. The molecule has 0 aliphatic rings. The Morgan fingerprint density at radius 3 is 2.41 bits per heavy atom. The van der Waals surface area contributed by atoms with Gasteiger partial charge in [-0.05, 0) is 24.3 Å². The highest BCUT2D eigenvalue weighted by atomic mass is 79.9. The Balaban J connectivity index is 2.16. The zero-order valence-corrected chi connectivity index (χ0v) is 12.4. The molecule has 9 heteroatoms. The summed E-state index contributed by atoms with van der Waals surface area (Å²) in [7, 11) is 0. The van der Waals surface area contributed by atoms with E-state index in [1.165, 1.54) is 6.07 Å². The van der Waals surface area contributed by atoms with E-state index in [9.17, 15) is 20.2 Å². The molecule has 0 atom stereocenters. The van der Waals surface area contributed by atoms with Crippen LogP contribution in [0.2, 0.25) is 0 Å². The minimum Gasteiger partial charge on any atom is -0.338 e. The van der Waals surface area contributed by atoms with E-state index in [0.29, 0.717) is 16.9 Å². The number of aromatic amines is 1. The molecule has 0 unspecified atom stereocenters. The maximum Gasteiger partial charge on any atom is 0.346 e. The lowest BCUT2D eigenvalue weighted by Gasteiger charge is -1.98. The number of imidazole rings is 1. The summed E-state index contributed by atoms with van der Waals surface area (Å²) in [5, 5.41) is 21.8. The molecule has 3 aromatic rings. The molecule has 0 spiro atoms. The van der Waals surface area contributed by atoms with Crippen LogP contribution in [0.5, 0.6) is 0 Å². The topological polar surface area (TPSA) is 115 Å². The van der Waals surface area contributed by atoms with Crippen LogP contribution in [0.25, 0.3) is 22.4 Å². The summed E-state index contributed by atoms with van der Waals surface area (Å²) >= 11 is 3.34. The van der Waals surface area contributed by atoms with Crippen molar-refractivity contribution < 1.29 is 9.85 Å². The molecule has 0 radical (unpaired) electrons. The lowest BCUT2D eigenvalue weighted by atomic mass is 10.1. The van der Waals surface area contributed by atoms with Crippen molar-refractivity contribution >= 4 is 38.3 Å². The quantitative estimate of drug-likeness (QED) is 0.561. The highest BCUT2D eigenvalue weighted by Gasteiger charge is 2.25. The predicted molar refractivity (Wildman–Crippen MR) is 82.5 cm³/mol. The molecule has 1 aromatic heterocycles. The van der Waals surface area contributed by atoms with Gasteiger partial charge >= 0.3 is 11.4 Å². The third-order valence-corrected chi connectivity index (χ3v) is 3.58. The first-order chi connectivity index (χ1) is 10.5. The molecule has 0 bridgehead atoms. The third kappa shape index (κ3) is 2.42. The Bertz CT molecular complexity index is 922. The van der Waals surface area contributed by atoms with Crippen LogP contribution in [0, 0.1) is 20.2 Å². The second-order valence-electron chi connectivity index (χ2n) is 4.46. The van der Waals surface area contributed by atoms with Crippen LogP contribution in [-0.4, -0.2) is 19.8 Å². The van der Waals surface area contributed by atoms with E-state index in [1.54, 1.807) is 6.07 Å². The smallest absolute Gasteiger partial charge is 0.338 e. The lowest BCUT2D eigenvalue weighted by Crippen LogP contribution is -1.97. The molecule has 0 saturated carbocycles. The summed E-state index contributed by atoms with van der Waals surface area (Å²) < 4.78 is 0.866. The Kier molecular flexibility index (Phi) is 3.33. The van der Waals surface area contributed by atoms with E-state index in [1.807, 2.05) is 12.1 Å². The number of rotatable bonds is 3. The van der Waals surface area contributed by atoms with E-state index < -0.39 is 21.2 Å². The summed E-state index contributed by atoms with van der Waals surface area (Å²) in [6, 6.07) is 9.12. The van der Waals surface area contributed by atoms with Gasteiger partial charge in [0.15, 0.2) is 0 Å². The highest BCUT2D eigenvalue weighted by Crippen LogP contribution is 2.32. The summed E-state index contributed by atoms with van der Waals surface area (Å²) in [6.07, 6.45) is 0. The summed E-state index contributed by atoms with van der Waals surface area (Å²) in [5.41, 5.74) is 0.742. The van der Waals surface area contributed by atoms with Gasteiger partial charge in [-0.2, -0.15) is 0 Å². The number of halogens is 1. The minimum absolute atomic E-state index is 0.407. The van der Waals surface area contributed by atoms with E-state index in [0.717, 1.165) is 22.1 Å². The molecule has 0 saturated heterocycles. The molecule has 1 N–H and O–H groups in total. The van der Waals surface area contributed by atoms with E-state index in [4.69, 9.17) is 0 Å². The molecular weight excluding hydrogens is 356 g/mol. The van der Waals surface area contributed by atoms with Gasteiger partial charge in [0.1, 0.15) is 5.82 Å². The van der Waals surface area contributed by atoms with Gasteiger partial charge in [0.2, 0.25) is 0 Å². The van der Waals surface area contributed by atoms with Crippen molar-refractivity contribution in [1.82, 2.24) is 9.97 Å². The van der Waals surface area contributed by atoms with Gasteiger partial charge in [-0.15, -0.1) is 0 Å². The first-order valence-corrected chi connectivity index (χ1v) is 6.83. The number of nitrogens with one attached hydrogen (secondary N) is 1. The van der Waals surface area contributed by atoms with Crippen molar-refractivity contribution in [2.75, 3.05) is 0 Å². The number of fused-ring (bicyclic) bond motifs is 1. The van der Waals surface area contributed by atoms with Crippen LogP contribution in [0.4, 0.5) is 11.4 Å². The molecule has 8 nitrogen and oxygen atoms in total. The highest BCUT2D eigenvalue weighted by molar-refractivity contribution is 9.10. The summed E-state index contributed by atoms with van der Waals surface area (Å²) in [6.45, 7) is 0. The van der Waals surface area contributed by atoms with Crippen LogP contribution in [0.3, 0.4) is 0 Å². The van der Waals surface area contributed by atoms with Crippen molar-refractivity contribution in [1.29, 1.82) is 0 Å². The maximum atomic E-state index is 11.0. The van der Waals surface area contributed by atoms with Crippen LogP contribution in [0.15, 0.2) is 40.9 Å². The zero-order chi connectivity index (χ0) is 15.9. The molecule has 22 heavy (non-hydrogen) atoms. The average molecular weight is 363 g/mol. The molecule has 0 fully saturated rings. The molecule has 0 aliphatic heterocycles. The number of H-pyrrole nitrogens is 1. The number of nitro groups is 2. The molecule has 0 amide bonds. The van der Waals surface area contributed by atoms with Crippen molar-refractivity contribution in [3.63, 3.8) is 0 Å². The van der Waals surface area contributed by atoms with Crippen LogP contribution in [0.1, 0.15) is 0 Å². The molecule has 2 aromatic carbocycles. The molecule has 3 rings (SSSR count). The van der Waals surface area contributed by atoms with Gasteiger partial charge in [-0.25, -0.2) is 4.98 Å². The third-order valence-electron chi connectivity index (χ3n) is 3.09. The molecule has 1 heterocycles.